The number of hydrogen-bond donors (Lipinski definition) is 2. The second-order valence-electron chi connectivity index (χ2n) is 7.87. The van der Waals surface area contributed by atoms with Crippen LogP contribution in [0.25, 0.3) is 0 Å². The lowest BCUT2D eigenvalue weighted by atomic mass is 9.72. The van der Waals surface area contributed by atoms with E-state index in [0.717, 1.165) is 24.9 Å². The van der Waals surface area contributed by atoms with Crippen molar-refractivity contribution in [1.82, 2.24) is 0 Å². The summed E-state index contributed by atoms with van der Waals surface area (Å²) in [5.41, 5.74) is 10.4. The van der Waals surface area contributed by atoms with Crippen molar-refractivity contribution < 1.29 is 4.79 Å². The molecule has 0 spiro atoms. The maximum absolute atomic E-state index is 12.7. The molecule has 1 heterocycles. The number of rotatable bonds is 2. The Bertz CT molecular complexity index is 753. The number of nitrogens with one attached hydrogen (secondary N) is 1. The Balaban J connectivity index is 1.84. The fraction of sp³-hybridized carbons (Fsp3) is 0.450. The van der Waals surface area contributed by atoms with Gasteiger partial charge in [0.15, 0.2) is 0 Å². The van der Waals surface area contributed by atoms with Crippen LogP contribution in [0, 0.1) is 18.3 Å². The van der Waals surface area contributed by atoms with E-state index < -0.39 is 0 Å². The molecule has 0 saturated carbocycles. The van der Waals surface area contributed by atoms with Crippen molar-refractivity contribution in [3.63, 3.8) is 0 Å². The molecule has 0 radical (unpaired) electrons. The quantitative estimate of drug-likeness (QED) is 0.803. The number of amides is 1. The molecule has 1 aliphatic carbocycles. The number of nitrogen functional groups attached to an aromatic ring is 1. The van der Waals surface area contributed by atoms with Crippen LogP contribution in [0.15, 0.2) is 24.3 Å². The maximum Gasteiger partial charge on any atom is 0.258 e. The first-order valence-electron chi connectivity index (χ1n) is 8.53. The molecule has 1 amide bonds. The zero-order valence-corrected chi connectivity index (χ0v) is 15.7. The van der Waals surface area contributed by atoms with Crippen LogP contribution in [-0.2, 0) is 12.8 Å². The van der Waals surface area contributed by atoms with Crippen molar-refractivity contribution in [2.24, 2.45) is 11.3 Å². The van der Waals surface area contributed by atoms with Crippen LogP contribution in [0.3, 0.4) is 0 Å². The highest BCUT2D eigenvalue weighted by Crippen LogP contribution is 2.43. The Morgan fingerprint density at radius 3 is 2.54 bits per heavy atom. The Morgan fingerprint density at radius 1 is 1.25 bits per heavy atom. The van der Waals surface area contributed by atoms with Gasteiger partial charge >= 0.3 is 0 Å². The SMILES string of the molecule is Cc1ccc(NC(=O)c2c(N)sc3c2CCC(C(C)(C)C)C3)cc1. The normalized spacial score (nSPS) is 17.4. The summed E-state index contributed by atoms with van der Waals surface area (Å²) in [6.07, 6.45) is 3.10. The number of thiophene rings is 1. The zero-order valence-electron chi connectivity index (χ0n) is 14.9. The third-order valence-corrected chi connectivity index (χ3v) is 6.14. The lowest BCUT2D eigenvalue weighted by molar-refractivity contribution is 0.102. The van der Waals surface area contributed by atoms with Gasteiger partial charge in [-0.15, -0.1) is 11.3 Å². The van der Waals surface area contributed by atoms with Crippen LogP contribution in [0.4, 0.5) is 10.7 Å². The van der Waals surface area contributed by atoms with E-state index in [1.807, 2.05) is 31.2 Å². The Morgan fingerprint density at radius 2 is 1.92 bits per heavy atom. The molecule has 1 atom stereocenters. The monoisotopic (exact) mass is 342 g/mol. The predicted molar refractivity (Wildman–Crippen MR) is 103 cm³/mol. The summed E-state index contributed by atoms with van der Waals surface area (Å²) < 4.78 is 0. The number of anilines is 2. The first kappa shape index (κ1) is 17.0. The number of aryl methyl sites for hydroxylation is 1. The second kappa shape index (κ2) is 6.25. The molecule has 3 rings (SSSR count). The summed E-state index contributed by atoms with van der Waals surface area (Å²) in [6.45, 7) is 8.92. The van der Waals surface area contributed by atoms with E-state index in [0.29, 0.717) is 21.9 Å². The lowest BCUT2D eigenvalue weighted by Crippen LogP contribution is -2.27. The van der Waals surface area contributed by atoms with E-state index in [1.165, 1.54) is 16.0 Å². The van der Waals surface area contributed by atoms with Gasteiger partial charge in [0.05, 0.1) is 10.6 Å². The van der Waals surface area contributed by atoms with Crippen molar-refractivity contribution >= 4 is 27.9 Å². The number of hydrogen-bond acceptors (Lipinski definition) is 3. The van der Waals surface area contributed by atoms with Gasteiger partial charge in [-0.2, -0.15) is 0 Å². The molecule has 3 nitrogen and oxygen atoms in total. The predicted octanol–water partition coefficient (Wildman–Crippen LogP) is 5.04. The van der Waals surface area contributed by atoms with Gasteiger partial charge in [0.25, 0.3) is 5.91 Å². The average Bonchev–Trinajstić information content (AvgIpc) is 2.83. The summed E-state index contributed by atoms with van der Waals surface area (Å²) in [5, 5.41) is 3.64. The van der Waals surface area contributed by atoms with Crippen LogP contribution in [0.1, 0.15) is 53.6 Å². The van der Waals surface area contributed by atoms with E-state index in [4.69, 9.17) is 5.73 Å². The minimum Gasteiger partial charge on any atom is -0.390 e. The first-order valence-corrected chi connectivity index (χ1v) is 9.35. The second-order valence-corrected chi connectivity index (χ2v) is 9.01. The highest BCUT2D eigenvalue weighted by molar-refractivity contribution is 7.16. The molecule has 0 fully saturated rings. The standard InChI is InChI=1S/C20H26N2OS/c1-12-5-8-14(9-6-12)22-19(23)17-15-10-7-13(20(2,3)4)11-16(15)24-18(17)21/h5-6,8-9,13H,7,10-11,21H2,1-4H3,(H,22,23). The van der Waals surface area contributed by atoms with Gasteiger partial charge in [-0.25, -0.2) is 0 Å². The lowest BCUT2D eigenvalue weighted by Gasteiger charge is -2.33. The Hall–Kier alpha value is -1.81. The molecule has 128 valence electrons. The van der Waals surface area contributed by atoms with Crippen LogP contribution < -0.4 is 11.1 Å². The molecular formula is C20H26N2OS. The molecule has 1 aromatic heterocycles. The van der Waals surface area contributed by atoms with Crippen molar-refractivity contribution in [2.75, 3.05) is 11.1 Å². The highest BCUT2D eigenvalue weighted by Gasteiger charge is 2.33. The molecule has 0 saturated heterocycles. The molecule has 0 aliphatic heterocycles. The van der Waals surface area contributed by atoms with E-state index in [-0.39, 0.29) is 5.91 Å². The van der Waals surface area contributed by atoms with Crippen LogP contribution in [0.2, 0.25) is 0 Å². The van der Waals surface area contributed by atoms with Crippen LogP contribution in [0.5, 0.6) is 0 Å². The van der Waals surface area contributed by atoms with Crippen molar-refractivity contribution in [1.29, 1.82) is 0 Å². The first-order chi connectivity index (χ1) is 11.3. The largest absolute Gasteiger partial charge is 0.390 e. The molecule has 1 unspecified atom stereocenters. The smallest absolute Gasteiger partial charge is 0.258 e. The van der Waals surface area contributed by atoms with Crippen molar-refractivity contribution in [3.05, 3.63) is 45.8 Å². The van der Waals surface area contributed by atoms with E-state index in [2.05, 4.69) is 26.1 Å². The van der Waals surface area contributed by atoms with Gasteiger partial charge in [-0.3, -0.25) is 4.79 Å². The van der Waals surface area contributed by atoms with Gasteiger partial charge < -0.3 is 11.1 Å². The van der Waals surface area contributed by atoms with E-state index >= 15 is 0 Å². The summed E-state index contributed by atoms with van der Waals surface area (Å²) in [5.74, 6) is 0.569. The van der Waals surface area contributed by atoms with E-state index in [9.17, 15) is 4.79 Å². The van der Waals surface area contributed by atoms with Crippen LogP contribution >= 0.6 is 11.3 Å². The van der Waals surface area contributed by atoms with Gasteiger partial charge in [0.1, 0.15) is 0 Å². The maximum atomic E-state index is 12.7. The third-order valence-electron chi connectivity index (χ3n) is 5.05. The van der Waals surface area contributed by atoms with Gasteiger partial charge in [0.2, 0.25) is 0 Å². The van der Waals surface area contributed by atoms with E-state index in [1.54, 1.807) is 11.3 Å². The summed E-state index contributed by atoms with van der Waals surface area (Å²) in [6, 6.07) is 7.85. The molecule has 0 bridgehead atoms. The molecule has 1 aromatic carbocycles. The number of nitrogens with two attached hydrogens (primary N) is 1. The molecule has 3 N–H and O–H groups in total. The third kappa shape index (κ3) is 3.34. The van der Waals surface area contributed by atoms with Gasteiger partial charge in [-0.1, -0.05) is 38.5 Å². The molecule has 1 aliphatic rings. The summed E-state index contributed by atoms with van der Waals surface area (Å²) in [7, 11) is 0. The summed E-state index contributed by atoms with van der Waals surface area (Å²) >= 11 is 1.59. The van der Waals surface area contributed by atoms with Gasteiger partial charge in [-0.05, 0) is 55.2 Å². The number of benzene rings is 1. The van der Waals surface area contributed by atoms with Crippen molar-refractivity contribution in [3.8, 4) is 0 Å². The minimum atomic E-state index is -0.0805. The zero-order chi connectivity index (χ0) is 17.5. The topological polar surface area (TPSA) is 55.1 Å². The number of carbonyl (C=O) groups is 1. The average molecular weight is 343 g/mol. The highest BCUT2D eigenvalue weighted by atomic mass is 32.1. The van der Waals surface area contributed by atoms with Crippen LogP contribution in [-0.4, -0.2) is 5.91 Å². The van der Waals surface area contributed by atoms with Gasteiger partial charge in [0, 0.05) is 10.6 Å². The fourth-order valence-electron chi connectivity index (χ4n) is 3.43. The van der Waals surface area contributed by atoms with Crippen molar-refractivity contribution in [2.45, 2.75) is 47.0 Å². The number of fused-ring (bicyclic) bond motifs is 1. The number of carbonyl (C=O) groups excluding carboxylic acids is 1. The summed E-state index contributed by atoms with van der Waals surface area (Å²) in [4.78, 5) is 14.0. The molecule has 4 heteroatoms. The minimum absolute atomic E-state index is 0.0805. The Labute approximate surface area is 148 Å². The molecular weight excluding hydrogens is 316 g/mol. The molecule has 24 heavy (non-hydrogen) atoms. The Kier molecular flexibility index (Phi) is 4.43. The fourth-order valence-corrected chi connectivity index (χ4v) is 4.62. The molecule has 2 aromatic rings.